The summed E-state index contributed by atoms with van der Waals surface area (Å²) in [7, 11) is 0. The van der Waals surface area contributed by atoms with Crippen LogP contribution in [0.2, 0.25) is 0 Å². The maximum absolute atomic E-state index is 4.17. The molecular weight excluding hydrogens is 284 g/mol. The van der Waals surface area contributed by atoms with Gasteiger partial charge in [-0.25, -0.2) is 0 Å². The largest absolute Gasteiger partial charge is 0.174 e. The number of rotatable bonds is 4. The number of hydrogen-bond donors (Lipinski definition) is 0. The van der Waals surface area contributed by atoms with Crippen LogP contribution < -0.4 is 0 Å². The number of aromatic nitrogens is 2. The molecule has 100 valence electrons. The first-order valence-corrected chi connectivity index (χ1v) is 8.14. The summed E-state index contributed by atoms with van der Waals surface area (Å²) in [5, 5.41) is 8.36. The van der Waals surface area contributed by atoms with Gasteiger partial charge in [0.1, 0.15) is 5.51 Å². The van der Waals surface area contributed by atoms with E-state index in [0.717, 1.165) is 4.34 Å². The predicted octanol–water partition coefficient (Wildman–Crippen LogP) is 4.73. The topological polar surface area (TPSA) is 25.8 Å². The maximum atomic E-state index is 4.17. The minimum Gasteiger partial charge on any atom is -0.146 e. The van der Waals surface area contributed by atoms with Crippen molar-refractivity contribution in [3.8, 4) is 0 Å². The fourth-order valence-corrected chi connectivity index (χ4v) is 4.03. The van der Waals surface area contributed by atoms with E-state index in [-0.39, 0.29) is 5.25 Å². The van der Waals surface area contributed by atoms with Crippen molar-refractivity contribution in [1.29, 1.82) is 0 Å². The van der Waals surface area contributed by atoms with E-state index in [9.17, 15) is 0 Å². The third-order valence-electron chi connectivity index (χ3n) is 3.13. The number of nitrogens with zero attached hydrogens (tertiary/aromatic N) is 2. The lowest BCUT2D eigenvalue weighted by Gasteiger charge is -2.18. The van der Waals surface area contributed by atoms with E-state index < -0.39 is 0 Å². The molecule has 0 bridgehead atoms. The van der Waals surface area contributed by atoms with Crippen molar-refractivity contribution in [2.45, 2.75) is 16.5 Å². The summed E-state index contributed by atoms with van der Waals surface area (Å²) in [6.07, 6.45) is 0. The Morgan fingerprint density at radius 2 is 1.75 bits per heavy atom. The molecule has 20 heavy (non-hydrogen) atoms. The van der Waals surface area contributed by atoms with Crippen LogP contribution in [0.4, 0.5) is 0 Å². The summed E-state index contributed by atoms with van der Waals surface area (Å²) in [4.78, 5) is 0. The van der Waals surface area contributed by atoms with Crippen molar-refractivity contribution in [3.63, 3.8) is 0 Å². The van der Waals surface area contributed by atoms with Crippen molar-refractivity contribution in [1.82, 2.24) is 10.2 Å². The summed E-state index contributed by atoms with van der Waals surface area (Å²) in [5.41, 5.74) is 5.71. The molecule has 0 aliphatic rings. The minimum atomic E-state index is 0.255. The highest BCUT2D eigenvalue weighted by Crippen LogP contribution is 2.41. The number of benzene rings is 2. The molecule has 0 radical (unpaired) electrons. The van der Waals surface area contributed by atoms with Crippen LogP contribution in [0.15, 0.2) is 64.4 Å². The molecule has 0 saturated heterocycles. The van der Waals surface area contributed by atoms with Gasteiger partial charge in [0.2, 0.25) is 0 Å². The van der Waals surface area contributed by atoms with Gasteiger partial charge in [-0.05, 0) is 23.6 Å². The normalized spacial score (nSPS) is 12.2. The van der Waals surface area contributed by atoms with Crippen LogP contribution in [0, 0.1) is 6.92 Å². The molecule has 0 spiro atoms. The molecule has 1 unspecified atom stereocenters. The lowest BCUT2D eigenvalue weighted by atomic mass is 10.0. The van der Waals surface area contributed by atoms with Crippen LogP contribution in [-0.2, 0) is 0 Å². The van der Waals surface area contributed by atoms with Crippen molar-refractivity contribution in [2.24, 2.45) is 0 Å². The zero-order valence-electron chi connectivity index (χ0n) is 11.1. The predicted molar refractivity (Wildman–Crippen MR) is 85.2 cm³/mol. The Kier molecular flexibility index (Phi) is 4.14. The highest BCUT2D eigenvalue weighted by atomic mass is 32.2. The van der Waals surface area contributed by atoms with E-state index in [1.165, 1.54) is 16.7 Å². The standard InChI is InChI=1S/C16H14N2S2/c1-12-7-5-6-10-14(12)15(13-8-3-2-4-9-13)20-16-18-17-11-19-16/h2-11,15H,1H3. The molecule has 2 aromatic carbocycles. The molecule has 3 aromatic rings. The average Bonchev–Trinajstić information content (AvgIpc) is 3.00. The SMILES string of the molecule is Cc1ccccc1C(Sc1nncs1)c1ccccc1. The highest BCUT2D eigenvalue weighted by molar-refractivity contribution is 8.01. The van der Waals surface area contributed by atoms with E-state index in [1.807, 2.05) is 6.07 Å². The highest BCUT2D eigenvalue weighted by Gasteiger charge is 2.18. The fourth-order valence-electron chi connectivity index (χ4n) is 2.13. The summed E-state index contributed by atoms with van der Waals surface area (Å²) < 4.78 is 1.00. The summed E-state index contributed by atoms with van der Waals surface area (Å²) in [5.74, 6) is 0. The van der Waals surface area contributed by atoms with Gasteiger partial charge in [-0.15, -0.1) is 10.2 Å². The van der Waals surface area contributed by atoms with Gasteiger partial charge in [-0.3, -0.25) is 0 Å². The lowest BCUT2D eigenvalue weighted by Crippen LogP contribution is -1.99. The Morgan fingerprint density at radius 3 is 2.45 bits per heavy atom. The van der Waals surface area contributed by atoms with Crippen LogP contribution in [0.25, 0.3) is 0 Å². The average molecular weight is 298 g/mol. The van der Waals surface area contributed by atoms with Crippen LogP contribution in [0.3, 0.4) is 0 Å². The van der Waals surface area contributed by atoms with E-state index >= 15 is 0 Å². The molecule has 2 nitrogen and oxygen atoms in total. The third-order valence-corrected chi connectivity index (χ3v) is 5.24. The first kappa shape index (κ1) is 13.3. The second-order valence-corrected chi connectivity index (χ2v) is 6.66. The van der Waals surface area contributed by atoms with Crippen molar-refractivity contribution >= 4 is 23.1 Å². The number of thioether (sulfide) groups is 1. The van der Waals surface area contributed by atoms with Crippen LogP contribution in [0.1, 0.15) is 21.9 Å². The Hall–Kier alpha value is -1.65. The van der Waals surface area contributed by atoms with Crippen LogP contribution >= 0.6 is 23.1 Å². The zero-order chi connectivity index (χ0) is 13.8. The summed E-state index contributed by atoms with van der Waals surface area (Å²) >= 11 is 3.35. The van der Waals surface area contributed by atoms with Gasteiger partial charge in [-0.2, -0.15) is 0 Å². The van der Waals surface area contributed by atoms with E-state index in [1.54, 1.807) is 28.6 Å². The molecule has 0 saturated carbocycles. The molecule has 0 N–H and O–H groups in total. The molecule has 3 rings (SSSR count). The fraction of sp³-hybridized carbons (Fsp3) is 0.125. The second kappa shape index (κ2) is 6.20. The van der Waals surface area contributed by atoms with Gasteiger partial charge in [0.05, 0.1) is 5.25 Å². The molecule has 1 heterocycles. The van der Waals surface area contributed by atoms with Crippen molar-refractivity contribution in [2.75, 3.05) is 0 Å². The summed E-state index contributed by atoms with van der Waals surface area (Å²) in [6.45, 7) is 2.16. The number of hydrogen-bond acceptors (Lipinski definition) is 4. The molecule has 4 heteroatoms. The van der Waals surface area contributed by atoms with Gasteiger partial charge in [-0.1, -0.05) is 77.7 Å². The Bertz CT molecular complexity index is 666. The quantitative estimate of drug-likeness (QED) is 0.651. The molecule has 1 atom stereocenters. The second-order valence-electron chi connectivity index (χ2n) is 4.47. The van der Waals surface area contributed by atoms with Gasteiger partial charge in [0, 0.05) is 0 Å². The molecule has 0 aliphatic heterocycles. The molecule has 0 fully saturated rings. The summed E-state index contributed by atoms with van der Waals surface area (Å²) in [6, 6.07) is 19.1. The smallest absolute Gasteiger partial charge is 0.146 e. The minimum absolute atomic E-state index is 0.255. The lowest BCUT2D eigenvalue weighted by molar-refractivity contribution is 1.00. The monoisotopic (exact) mass is 298 g/mol. The Morgan fingerprint density at radius 1 is 1.00 bits per heavy atom. The van der Waals surface area contributed by atoms with Gasteiger partial charge >= 0.3 is 0 Å². The van der Waals surface area contributed by atoms with E-state index in [2.05, 4.69) is 65.7 Å². The molecule has 0 aliphatic carbocycles. The molecule has 1 aromatic heterocycles. The van der Waals surface area contributed by atoms with Gasteiger partial charge < -0.3 is 0 Å². The van der Waals surface area contributed by atoms with Gasteiger partial charge in [0.15, 0.2) is 4.34 Å². The Labute approximate surface area is 126 Å². The number of aryl methyl sites for hydroxylation is 1. The maximum Gasteiger partial charge on any atom is 0.174 e. The van der Waals surface area contributed by atoms with Crippen molar-refractivity contribution in [3.05, 3.63) is 76.8 Å². The van der Waals surface area contributed by atoms with E-state index in [0.29, 0.717) is 0 Å². The van der Waals surface area contributed by atoms with Gasteiger partial charge in [0.25, 0.3) is 0 Å². The first-order chi connectivity index (χ1) is 9.84. The first-order valence-electron chi connectivity index (χ1n) is 6.38. The molecule has 0 amide bonds. The van der Waals surface area contributed by atoms with E-state index in [4.69, 9.17) is 0 Å². The van der Waals surface area contributed by atoms with Crippen molar-refractivity contribution < 1.29 is 0 Å². The Balaban J connectivity index is 2.02. The van der Waals surface area contributed by atoms with Crippen LogP contribution in [0.5, 0.6) is 0 Å². The molecular formula is C16H14N2S2. The third kappa shape index (κ3) is 2.92. The van der Waals surface area contributed by atoms with Crippen LogP contribution in [-0.4, -0.2) is 10.2 Å². The zero-order valence-corrected chi connectivity index (χ0v) is 12.7.